The van der Waals surface area contributed by atoms with Crippen molar-refractivity contribution in [3.8, 4) is 0 Å². The van der Waals surface area contributed by atoms with Crippen LogP contribution in [0.5, 0.6) is 0 Å². The van der Waals surface area contributed by atoms with E-state index in [-0.39, 0.29) is 5.73 Å². The van der Waals surface area contributed by atoms with Crippen molar-refractivity contribution in [2.45, 2.75) is 58.2 Å². The highest BCUT2D eigenvalue weighted by molar-refractivity contribution is 6.53. The second-order valence-corrected chi connectivity index (χ2v) is 6.47. The molecule has 2 aliphatic rings. The maximum absolute atomic E-state index is 14.1. The Hall–Kier alpha value is -0.385. The molecule has 0 N–H and O–H groups in total. The molecule has 0 aromatic rings. The zero-order chi connectivity index (χ0) is 14.1. The smallest absolute Gasteiger partial charge is 0.398 e. The predicted molar refractivity (Wildman–Crippen MR) is 73.4 cm³/mol. The van der Waals surface area contributed by atoms with Crippen LogP contribution in [0.3, 0.4) is 0 Å². The molecule has 108 valence electrons. The van der Waals surface area contributed by atoms with Crippen LogP contribution in [0.25, 0.3) is 0 Å². The lowest BCUT2D eigenvalue weighted by Gasteiger charge is -2.32. The zero-order valence-electron chi connectivity index (χ0n) is 12.4. The Morgan fingerprint density at radius 2 is 1.68 bits per heavy atom. The fourth-order valence-corrected chi connectivity index (χ4v) is 2.31. The molecule has 2 fully saturated rings. The molecule has 2 saturated heterocycles. The van der Waals surface area contributed by atoms with Gasteiger partial charge in [0.05, 0.1) is 11.2 Å². The first-order valence-electron chi connectivity index (χ1n) is 7.11. The first-order valence-corrected chi connectivity index (χ1v) is 7.11. The van der Waals surface area contributed by atoms with Gasteiger partial charge in [-0.3, -0.25) is 0 Å². The van der Waals surface area contributed by atoms with Crippen LogP contribution in [-0.2, 0) is 14.0 Å². The lowest BCUT2D eigenvalue weighted by Crippen LogP contribution is -2.41. The molecule has 0 amide bonds. The molecule has 0 bridgehead atoms. The fraction of sp³-hybridized carbons (Fsp3) is 0.857. The summed E-state index contributed by atoms with van der Waals surface area (Å²) >= 11 is 0. The molecule has 0 radical (unpaired) electrons. The van der Waals surface area contributed by atoms with Crippen molar-refractivity contribution in [1.82, 2.24) is 0 Å². The van der Waals surface area contributed by atoms with Crippen molar-refractivity contribution in [2.24, 2.45) is 5.92 Å². The van der Waals surface area contributed by atoms with Gasteiger partial charge in [-0.25, -0.2) is 4.39 Å². The normalized spacial score (nSPS) is 27.8. The summed E-state index contributed by atoms with van der Waals surface area (Å²) in [6, 6.07) is 0. The molecular weight excluding hydrogens is 246 g/mol. The Bertz CT molecular complexity index is 333. The van der Waals surface area contributed by atoms with Gasteiger partial charge in [-0.1, -0.05) is 6.08 Å². The standard InChI is InChI=1S/C14H24BFO3/c1-13(2)14(3,4)19-15(18-13)12(16)6-5-11-7-9-17-10-8-11/h6,11H,5,7-10H2,1-4H3. The maximum Gasteiger partial charge on any atom is 0.524 e. The lowest BCUT2D eigenvalue weighted by atomic mass is 9.85. The molecule has 0 atom stereocenters. The van der Waals surface area contributed by atoms with Gasteiger partial charge >= 0.3 is 7.12 Å². The summed E-state index contributed by atoms with van der Waals surface area (Å²) in [5.41, 5.74) is -1.27. The molecule has 19 heavy (non-hydrogen) atoms. The molecule has 2 rings (SSSR count). The first kappa shape index (κ1) is 15.0. The first-order chi connectivity index (χ1) is 8.82. The van der Waals surface area contributed by atoms with Gasteiger partial charge in [-0.15, -0.1) is 0 Å². The van der Waals surface area contributed by atoms with E-state index >= 15 is 0 Å². The molecule has 0 saturated carbocycles. The van der Waals surface area contributed by atoms with Crippen LogP contribution in [0.4, 0.5) is 4.39 Å². The van der Waals surface area contributed by atoms with Crippen molar-refractivity contribution in [3.05, 3.63) is 11.8 Å². The van der Waals surface area contributed by atoms with Crippen LogP contribution in [0.15, 0.2) is 11.8 Å². The number of hydrogen-bond acceptors (Lipinski definition) is 3. The monoisotopic (exact) mass is 270 g/mol. The van der Waals surface area contributed by atoms with Gasteiger partial charge in [-0.2, -0.15) is 0 Å². The number of allylic oxidation sites excluding steroid dienone is 1. The van der Waals surface area contributed by atoms with E-state index in [1.807, 2.05) is 27.7 Å². The SMILES string of the molecule is CC1(C)OB(C(F)=CCC2CCOCC2)OC1(C)C. The summed E-state index contributed by atoms with van der Waals surface area (Å²) in [5, 5.41) is 0. The Labute approximate surface area is 115 Å². The number of halogens is 1. The predicted octanol–water partition coefficient (Wildman–Crippen LogP) is 3.29. The maximum atomic E-state index is 14.1. The average Bonchev–Trinajstić information content (AvgIpc) is 2.57. The molecule has 0 aromatic heterocycles. The van der Waals surface area contributed by atoms with Crippen molar-refractivity contribution in [1.29, 1.82) is 0 Å². The molecule has 5 heteroatoms. The highest BCUT2D eigenvalue weighted by atomic mass is 19.1. The van der Waals surface area contributed by atoms with Crippen LogP contribution in [0.2, 0.25) is 0 Å². The molecule has 3 nitrogen and oxygen atoms in total. The Kier molecular flexibility index (Phi) is 4.38. The average molecular weight is 270 g/mol. The van der Waals surface area contributed by atoms with Gasteiger partial charge in [0.15, 0.2) is 0 Å². The van der Waals surface area contributed by atoms with Crippen LogP contribution in [0, 0.1) is 5.92 Å². The molecule has 2 aliphatic heterocycles. The van der Waals surface area contributed by atoms with E-state index < -0.39 is 18.3 Å². The summed E-state index contributed by atoms with van der Waals surface area (Å²) in [6.45, 7) is 9.29. The molecule has 0 aromatic carbocycles. The molecule has 2 heterocycles. The summed E-state index contributed by atoms with van der Waals surface area (Å²) in [4.78, 5) is 0. The number of hydrogen-bond donors (Lipinski definition) is 0. The number of ether oxygens (including phenoxy) is 1. The quantitative estimate of drug-likeness (QED) is 0.736. The number of rotatable bonds is 3. The third-order valence-corrected chi connectivity index (χ3v) is 4.47. The third-order valence-electron chi connectivity index (χ3n) is 4.47. The van der Waals surface area contributed by atoms with Crippen LogP contribution < -0.4 is 0 Å². The van der Waals surface area contributed by atoms with Gasteiger partial charge in [0.2, 0.25) is 0 Å². The van der Waals surface area contributed by atoms with E-state index in [1.54, 1.807) is 6.08 Å². The Morgan fingerprint density at radius 3 is 2.21 bits per heavy atom. The minimum absolute atomic E-state index is 0.301. The third kappa shape index (κ3) is 3.39. The lowest BCUT2D eigenvalue weighted by molar-refractivity contribution is 0.00578. The van der Waals surface area contributed by atoms with Crippen molar-refractivity contribution in [3.63, 3.8) is 0 Å². The van der Waals surface area contributed by atoms with Gasteiger partial charge in [0, 0.05) is 13.2 Å². The van der Waals surface area contributed by atoms with E-state index in [1.165, 1.54) is 0 Å². The zero-order valence-corrected chi connectivity index (χ0v) is 12.4. The second-order valence-electron chi connectivity index (χ2n) is 6.47. The van der Waals surface area contributed by atoms with Gasteiger partial charge in [0.25, 0.3) is 0 Å². The van der Waals surface area contributed by atoms with E-state index in [0.29, 0.717) is 5.92 Å². The topological polar surface area (TPSA) is 27.7 Å². The summed E-state index contributed by atoms with van der Waals surface area (Å²) < 4.78 is 30.8. The molecule has 0 unspecified atom stereocenters. The largest absolute Gasteiger partial charge is 0.524 e. The van der Waals surface area contributed by atoms with Crippen LogP contribution >= 0.6 is 0 Å². The second kappa shape index (κ2) is 5.54. The Balaban J connectivity index is 1.91. The minimum Gasteiger partial charge on any atom is -0.398 e. The van der Waals surface area contributed by atoms with Crippen molar-refractivity contribution in [2.75, 3.05) is 13.2 Å². The summed E-state index contributed by atoms with van der Waals surface area (Å²) in [5.74, 6) is 0.516. The fourth-order valence-electron chi connectivity index (χ4n) is 2.31. The van der Waals surface area contributed by atoms with Gasteiger partial charge in [0.1, 0.15) is 5.73 Å². The van der Waals surface area contributed by atoms with Gasteiger partial charge < -0.3 is 14.0 Å². The van der Waals surface area contributed by atoms with E-state index in [9.17, 15) is 4.39 Å². The highest BCUT2D eigenvalue weighted by Gasteiger charge is 2.52. The summed E-state index contributed by atoms with van der Waals surface area (Å²) in [7, 11) is -0.857. The Morgan fingerprint density at radius 1 is 1.16 bits per heavy atom. The molecule has 0 aliphatic carbocycles. The minimum atomic E-state index is -0.857. The van der Waals surface area contributed by atoms with E-state index in [2.05, 4.69) is 0 Å². The van der Waals surface area contributed by atoms with Crippen LogP contribution in [-0.4, -0.2) is 31.5 Å². The van der Waals surface area contributed by atoms with Gasteiger partial charge in [-0.05, 0) is 52.9 Å². The van der Waals surface area contributed by atoms with Crippen LogP contribution in [0.1, 0.15) is 47.0 Å². The van der Waals surface area contributed by atoms with E-state index in [0.717, 1.165) is 32.5 Å². The highest BCUT2D eigenvalue weighted by Crippen LogP contribution is 2.38. The van der Waals surface area contributed by atoms with E-state index in [4.69, 9.17) is 14.0 Å². The van der Waals surface area contributed by atoms with Crippen molar-refractivity contribution >= 4 is 7.12 Å². The summed E-state index contributed by atoms with van der Waals surface area (Å²) in [6.07, 6.45) is 4.37. The molecular formula is C14H24BFO3. The van der Waals surface area contributed by atoms with Crippen molar-refractivity contribution < 1.29 is 18.4 Å². The molecule has 0 spiro atoms.